The summed E-state index contributed by atoms with van der Waals surface area (Å²) in [6, 6.07) is 18.3. The molecule has 0 aliphatic heterocycles. The number of nitrogens with zero attached hydrogens (tertiary/aromatic N) is 3. The maximum Gasteiger partial charge on any atom is 0.255 e. The second-order valence-electron chi connectivity index (χ2n) is 9.25. The van der Waals surface area contributed by atoms with Crippen molar-refractivity contribution in [2.45, 2.75) is 54.1 Å². The molecule has 0 atom stereocenters. The number of imidazole rings is 1. The number of hydrogen-bond donors (Lipinski definition) is 1. The average Bonchev–Trinajstić information content (AvgIpc) is 3.08. The smallest absolute Gasteiger partial charge is 0.255 e. The Morgan fingerprint density at radius 3 is 2.18 bits per heavy atom. The van der Waals surface area contributed by atoms with Crippen LogP contribution >= 0.6 is 0 Å². The highest BCUT2D eigenvalue weighted by Crippen LogP contribution is 2.27. The maximum atomic E-state index is 13.8. The number of nitrogens with two attached hydrogens (primary N) is 1. The van der Waals surface area contributed by atoms with Crippen LogP contribution in [0.5, 0.6) is 0 Å². The first-order valence-corrected chi connectivity index (χ1v) is 11.4. The van der Waals surface area contributed by atoms with Gasteiger partial charge in [-0.05, 0) is 83.0 Å². The molecule has 1 amide bonds. The van der Waals surface area contributed by atoms with Gasteiger partial charge >= 0.3 is 0 Å². The minimum absolute atomic E-state index is 0.00829. The number of carbonyl (C=O) groups excluding carboxylic acids is 1. The van der Waals surface area contributed by atoms with Gasteiger partial charge in [0.05, 0.1) is 17.6 Å². The zero-order valence-electron chi connectivity index (χ0n) is 20.3. The van der Waals surface area contributed by atoms with Gasteiger partial charge in [-0.1, -0.05) is 35.4 Å². The van der Waals surface area contributed by atoms with E-state index < -0.39 is 0 Å². The zero-order chi connectivity index (χ0) is 23.9. The molecule has 2 N–H and O–H groups in total. The topological polar surface area (TPSA) is 64.2 Å². The lowest BCUT2D eigenvalue weighted by atomic mass is 9.98. The fourth-order valence-electron chi connectivity index (χ4n) is 4.54. The first-order chi connectivity index (χ1) is 15.7. The van der Waals surface area contributed by atoms with Gasteiger partial charge in [-0.3, -0.25) is 9.36 Å². The summed E-state index contributed by atoms with van der Waals surface area (Å²) in [4.78, 5) is 20.6. The minimum atomic E-state index is 0.00829. The van der Waals surface area contributed by atoms with E-state index in [-0.39, 0.29) is 11.9 Å². The van der Waals surface area contributed by atoms with Crippen LogP contribution in [0, 0.1) is 27.7 Å². The van der Waals surface area contributed by atoms with Gasteiger partial charge < -0.3 is 10.6 Å². The van der Waals surface area contributed by atoms with Crippen molar-refractivity contribution in [3.05, 3.63) is 88.2 Å². The highest BCUT2D eigenvalue weighted by Gasteiger charge is 2.25. The fourth-order valence-corrected chi connectivity index (χ4v) is 4.54. The Balaban J connectivity index is 1.83. The number of aromatic nitrogens is 2. The fraction of sp³-hybridized carbons (Fsp3) is 0.286. The van der Waals surface area contributed by atoms with Crippen molar-refractivity contribution >= 4 is 22.6 Å². The molecule has 4 rings (SSSR count). The molecule has 3 aromatic carbocycles. The van der Waals surface area contributed by atoms with Crippen LogP contribution in [0.15, 0.2) is 54.6 Å². The van der Waals surface area contributed by atoms with Gasteiger partial charge in [-0.25, -0.2) is 4.98 Å². The lowest BCUT2D eigenvalue weighted by Crippen LogP contribution is -2.38. The molecule has 4 aromatic rings. The lowest BCUT2D eigenvalue weighted by molar-refractivity contribution is 0.0683. The Labute approximate surface area is 195 Å². The van der Waals surface area contributed by atoms with Crippen molar-refractivity contribution < 1.29 is 4.79 Å². The monoisotopic (exact) mass is 440 g/mol. The molecule has 33 heavy (non-hydrogen) atoms. The van der Waals surface area contributed by atoms with E-state index in [4.69, 9.17) is 10.7 Å². The molecule has 0 saturated heterocycles. The number of aryl methyl sites for hydroxylation is 4. The quantitative estimate of drug-likeness (QED) is 0.393. The van der Waals surface area contributed by atoms with Gasteiger partial charge in [-0.2, -0.15) is 0 Å². The van der Waals surface area contributed by atoms with Crippen molar-refractivity contribution in [1.29, 1.82) is 0 Å². The summed E-state index contributed by atoms with van der Waals surface area (Å²) >= 11 is 0. The van der Waals surface area contributed by atoms with Gasteiger partial charge in [0.25, 0.3) is 5.91 Å². The summed E-state index contributed by atoms with van der Waals surface area (Å²) in [6.45, 7) is 12.6. The Hall–Kier alpha value is -3.60. The summed E-state index contributed by atoms with van der Waals surface area (Å²) in [7, 11) is 0. The first-order valence-electron chi connectivity index (χ1n) is 11.4. The van der Waals surface area contributed by atoms with Gasteiger partial charge in [0, 0.05) is 23.0 Å². The van der Waals surface area contributed by atoms with Crippen LogP contribution in [-0.2, 0) is 6.54 Å². The summed E-state index contributed by atoms with van der Waals surface area (Å²) in [5.74, 6) is 0.839. The van der Waals surface area contributed by atoms with Crippen LogP contribution in [0.25, 0.3) is 16.7 Å². The molecule has 1 aromatic heterocycles. The second kappa shape index (κ2) is 8.74. The molecular weight excluding hydrogens is 408 g/mol. The first kappa shape index (κ1) is 22.6. The van der Waals surface area contributed by atoms with Crippen molar-refractivity contribution in [3.8, 4) is 5.69 Å². The summed E-state index contributed by atoms with van der Waals surface area (Å²) in [6.07, 6.45) is 0. The number of carbonyl (C=O) groups is 1. The van der Waals surface area contributed by atoms with E-state index in [1.165, 1.54) is 5.56 Å². The van der Waals surface area contributed by atoms with Gasteiger partial charge in [0.1, 0.15) is 5.82 Å². The van der Waals surface area contributed by atoms with E-state index in [0.29, 0.717) is 12.2 Å². The van der Waals surface area contributed by atoms with Crippen LogP contribution < -0.4 is 5.73 Å². The van der Waals surface area contributed by atoms with Gasteiger partial charge in [-0.15, -0.1) is 0 Å². The van der Waals surface area contributed by atoms with E-state index >= 15 is 0 Å². The molecular formula is C28H32N4O. The molecule has 0 bridgehead atoms. The largest absolute Gasteiger partial charge is 0.399 e. The zero-order valence-corrected chi connectivity index (χ0v) is 20.3. The molecule has 0 radical (unpaired) electrons. The van der Waals surface area contributed by atoms with Crippen LogP contribution in [0.3, 0.4) is 0 Å². The van der Waals surface area contributed by atoms with E-state index in [2.05, 4.69) is 54.8 Å². The SMILES string of the molecule is Cc1ccc(-n2c(CN(C(=O)c3c(C)cc(C)cc3C)C(C)C)nc3cc(N)ccc32)cc1. The van der Waals surface area contributed by atoms with E-state index in [1.54, 1.807) is 0 Å². The molecule has 0 unspecified atom stereocenters. The number of nitrogen functional groups attached to an aromatic ring is 1. The molecule has 5 heteroatoms. The van der Waals surface area contributed by atoms with E-state index in [0.717, 1.165) is 44.8 Å². The van der Waals surface area contributed by atoms with Crippen molar-refractivity contribution in [1.82, 2.24) is 14.5 Å². The predicted octanol–water partition coefficient (Wildman–Crippen LogP) is 5.89. The molecule has 0 spiro atoms. The summed E-state index contributed by atoms with van der Waals surface area (Å²) < 4.78 is 2.13. The third-order valence-electron chi connectivity index (χ3n) is 6.13. The van der Waals surface area contributed by atoms with Crippen molar-refractivity contribution in [2.75, 3.05) is 5.73 Å². The average molecular weight is 441 g/mol. The maximum absolute atomic E-state index is 13.8. The predicted molar refractivity (Wildman–Crippen MR) is 136 cm³/mol. The molecule has 0 aliphatic carbocycles. The Kier molecular flexibility index (Phi) is 5.98. The number of benzene rings is 3. The molecule has 0 fully saturated rings. The summed E-state index contributed by atoms with van der Waals surface area (Å²) in [5.41, 5.74) is 14.7. The van der Waals surface area contributed by atoms with Gasteiger partial charge in [0.15, 0.2) is 0 Å². The highest BCUT2D eigenvalue weighted by atomic mass is 16.2. The van der Waals surface area contributed by atoms with Gasteiger partial charge in [0.2, 0.25) is 0 Å². The molecule has 1 heterocycles. The van der Waals surface area contributed by atoms with Crippen LogP contribution in [-0.4, -0.2) is 26.4 Å². The normalized spacial score (nSPS) is 11.4. The number of fused-ring (bicyclic) bond motifs is 1. The lowest BCUT2D eigenvalue weighted by Gasteiger charge is -2.28. The number of rotatable bonds is 5. The van der Waals surface area contributed by atoms with Crippen LogP contribution in [0.1, 0.15) is 52.3 Å². The summed E-state index contributed by atoms with van der Waals surface area (Å²) in [5, 5.41) is 0. The molecule has 170 valence electrons. The Morgan fingerprint density at radius 2 is 1.58 bits per heavy atom. The van der Waals surface area contributed by atoms with Crippen LogP contribution in [0.4, 0.5) is 5.69 Å². The minimum Gasteiger partial charge on any atom is -0.399 e. The van der Waals surface area contributed by atoms with E-state index in [9.17, 15) is 4.79 Å². The molecule has 0 aliphatic rings. The third-order valence-corrected chi connectivity index (χ3v) is 6.13. The Bertz CT molecular complexity index is 1310. The number of hydrogen-bond acceptors (Lipinski definition) is 3. The van der Waals surface area contributed by atoms with E-state index in [1.807, 2.05) is 50.8 Å². The number of amides is 1. The Morgan fingerprint density at radius 1 is 0.939 bits per heavy atom. The highest BCUT2D eigenvalue weighted by molar-refractivity contribution is 5.97. The van der Waals surface area contributed by atoms with Crippen molar-refractivity contribution in [2.24, 2.45) is 0 Å². The standard InChI is InChI=1S/C28H32N4O/c1-17(2)31(28(33)27-20(5)13-19(4)14-21(27)6)16-26-30-24-15-22(29)9-12-25(24)32(26)23-10-7-18(3)8-11-23/h7-15,17H,16,29H2,1-6H3. The number of anilines is 1. The van der Waals surface area contributed by atoms with Crippen LogP contribution in [0.2, 0.25) is 0 Å². The van der Waals surface area contributed by atoms with Crippen molar-refractivity contribution in [3.63, 3.8) is 0 Å². The molecule has 0 saturated carbocycles. The third kappa shape index (κ3) is 4.36. The second-order valence-corrected chi connectivity index (χ2v) is 9.25. The molecule has 5 nitrogen and oxygen atoms in total.